The Kier molecular flexibility index (Phi) is 4.30. The summed E-state index contributed by atoms with van der Waals surface area (Å²) in [6, 6.07) is 10.7. The van der Waals surface area contributed by atoms with E-state index < -0.39 is 11.7 Å². The lowest BCUT2D eigenvalue weighted by atomic mass is 10.2. The molecule has 0 bridgehead atoms. The summed E-state index contributed by atoms with van der Waals surface area (Å²) in [6.45, 7) is 0.681. The Morgan fingerprint density at radius 3 is 2.74 bits per heavy atom. The molecule has 1 saturated heterocycles. The lowest BCUT2D eigenvalue weighted by molar-refractivity contribution is -0.117. The molecule has 2 amide bonds. The molecular weight excluding hydrogens is 319 g/mol. The van der Waals surface area contributed by atoms with Crippen LogP contribution in [0.4, 0.5) is 15.8 Å². The molecule has 4 nitrogen and oxygen atoms in total. The normalized spacial score (nSPS) is 14.2. The van der Waals surface area contributed by atoms with Gasteiger partial charge in [0.05, 0.1) is 10.6 Å². The zero-order valence-electron chi connectivity index (χ0n) is 12.2. The Labute approximate surface area is 137 Å². The van der Waals surface area contributed by atoms with Crippen LogP contribution in [0.1, 0.15) is 23.2 Å². The molecule has 1 fully saturated rings. The van der Waals surface area contributed by atoms with Gasteiger partial charge >= 0.3 is 0 Å². The quantitative estimate of drug-likeness (QED) is 0.928. The molecule has 0 spiro atoms. The molecule has 0 aromatic heterocycles. The molecule has 1 heterocycles. The van der Waals surface area contributed by atoms with Crippen molar-refractivity contribution < 1.29 is 14.0 Å². The first-order valence-electron chi connectivity index (χ1n) is 7.21. The Morgan fingerprint density at radius 2 is 2.04 bits per heavy atom. The number of hydrogen-bond acceptors (Lipinski definition) is 2. The topological polar surface area (TPSA) is 49.4 Å². The van der Waals surface area contributed by atoms with Crippen molar-refractivity contribution in [2.75, 3.05) is 16.8 Å². The van der Waals surface area contributed by atoms with Crippen LogP contribution in [0, 0.1) is 5.82 Å². The van der Waals surface area contributed by atoms with Crippen LogP contribution in [0.3, 0.4) is 0 Å². The third kappa shape index (κ3) is 3.35. The van der Waals surface area contributed by atoms with E-state index in [1.807, 2.05) is 6.07 Å². The third-order valence-electron chi connectivity index (χ3n) is 3.66. The van der Waals surface area contributed by atoms with Crippen LogP contribution in [0.15, 0.2) is 42.5 Å². The predicted molar refractivity (Wildman–Crippen MR) is 87.4 cm³/mol. The first-order chi connectivity index (χ1) is 11.0. The van der Waals surface area contributed by atoms with Crippen molar-refractivity contribution in [2.45, 2.75) is 12.8 Å². The van der Waals surface area contributed by atoms with Crippen LogP contribution in [-0.4, -0.2) is 18.4 Å². The van der Waals surface area contributed by atoms with E-state index in [1.54, 1.807) is 23.1 Å². The molecule has 0 atom stereocenters. The van der Waals surface area contributed by atoms with Crippen molar-refractivity contribution in [3.63, 3.8) is 0 Å². The molecule has 1 aliphatic heterocycles. The van der Waals surface area contributed by atoms with E-state index in [2.05, 4.69) is 5.32 Å². The molecule has 0 aliphatic carbocycles. The molecule has 0 saturated carbocycles. The van der Waals surface area contributed by atoms with Crippen molar-refractivity contribution >= 4 is 34.8 Å². The van der Waals surface area contributed by atoms with Crippen LogP contribution in [0.5, 0.6) is 0 Å². The number of hydrogen-bond donors (Lipinski definition) is 1. The van der Waals surface area contributed by atoms with Gasteiger partial charge in [-0.2, -0.15) is 0 Å². The number of anilines is 2. The van der Waals surface area contributed by atoms with Gasteiger partial charge in [0.15, 0.2) is 0 Å². The minimum Gasteiger partial charge on any atom is -0.322 e. The Hall–Kier alpha value is -2.40. The number of benzene rings is 2. The van der Waals surface area contributed by atoms with E-state index in [4.69, 9.17) is 11.6 Å². The standard InChI is InChI=1S/C17H14ClFN2O2/c18-15-9-11(19)6-7-14(15)17(23)20-12-3-1-4-13(10-12)21-8-2-5-16(21)22/h1,3-4,6-7,9-10H,2,5,8H2,(H,20,23). The highest BCUT2D eigenvalue weighted by Crippen LogP contribution is 2.25. The van der Waals surface area contributed by atoms with Crippen molar-refractivity contribution in [2.24, 2.45) is 0 Å². The largest absolute Gasteiger partial charge is 0.322 e. The summed E-state index contributed by atoms with van der Waals surface area (Å²) in [5.74, 6) is -0.851. The molecule has 2 aromatic carbocycles. The minimum atomic E-state index is -0.499. The highest BCUT2D eigenvalue weighted by molar-refractivity contribution is 6.34. The van der Waals surface area contributed by atoms with Gasteiger partial charge in [0.2, 0.25) is 5.91 Å². The Bertz CT molecular complexity index is 779. The smallest absolute Gasteiger partial charge is 0.257 e. The highest BCUT2D eigenvalue weighted by atomic mass is 35.5. The van der Waals surface area contributed by atoms with Crippen molar-refractivity contribution in [1.82, 2.24) is 0 Å². The maximum atomic E-state index is 13.0. The van der Waals surface area contributed by atoms with Crippen molar-refractivity contribution in [3.8, 4) is 0 Å². The number of nitrogens with one attached hydrogen (secondary N) is 1. The molecule has 2 aromatic rings. The Morgan fingerprint density at radius 1 is 1.22 bits per heavy atom. The molecule has 0 unspecified atom stereocenters. The fourth-order valence-electron chi connectivity index (χ4n) is 2.54. The molecule has 1 aliphatic rings. The lowest BCUT2D eigenvalue weighted by Gasteiger charge is -2.17. The van der Waals surface area contributed by atoms with Crippen molar-refractivity contribution in [3.05, 3.63) is 58.9 Å². The maximum absolute atomic E-state index is 13.0. The summed E-state index contributed by atoms with van der Waals surface area (Å²) in [7, 11) is 0. The number of carbonyl (C=O) groups is 2. The van der Waals surface area contributed by atoms with Gasteiger partial charge in [0, 0.05) is 24.3 Å². The zero-order chi connectivity index (χ0) is 16.4. The first kappa shape index (κ1) is 15.5. The van der Waals surface area contributed by atoms with Gasteiger partial charge in [-0.3, -0.25) is 9.59 Å². The molecule has 118 valence electrons. The lowest BCUT2D eigenvalue weighted by Crippen LogP contribution is -2.23. The number of rotatable bonds is 3. The van der Waals surface area contributed by atoms with Crippen LogP contribution in [0.2, 0.25) is 5.02 Å². The van der Waals surface area contributed by atoms with E-state index >= 15 is 0 Å². The van der Waals surface area contributed by atoms with E-state index in [0.717, 1.165) is 18.2 Å². The van der Waals surface area contributed by atoms with Gasteiger partial charge in [-0.05, 0) is 42.8 Å². The first-order valence-corrected chi connectivity index (χ1v) is 7.59. The van der Waals surface area contributed by atoms with Gasteiger partial charge in [0.1, 0.15) is 5.82 Å². The van der Waals surface area contributed by atoms with Crippen LogP contribution < -0.4 is 10.2 Å². The van der Waals surface area contributed by atoms with Gasteiger partial charge in [-0.15, -0.1) is 0 Å². The maximum Gasteiger partial charge on any atom is 0.257 e. The molecule has 23 heavy (non-hydrogen) atoms. The molecule has 1 N–H and O–H groups in total. The van der Waals surface area contributed by atoms with E-state index in [0.29, 0.717) is 18.7 Å². The summed E-state index contributed by atoms with van der Waals surface area (Å²) in [6.07, 6.45) is 1.38. The predicted octanol–water partition coefficient (Wildman–Crippen LogP) is 3.86. The highest BCUT2D eigenvalue weighted by Gasteiger charge is 2.22. The summed E-state index contributed by atoms with van der Waals surface area (Å²) in [5.41, 5.74) is 1.49. The van der Waals surface area contributed by atoms with Crippen molar-refractivity contribution in [1.29, 1.82) is 0 Å². The average molecular weight is 333 g/mol. The second-order valence-electron chi connectivity index (χ2n) is 5.28. The van der Waals surface area contributed by atoms with Gasteiger partial charge < -0.3 is 10.2 Å². The average Bonchev–Trinajstić information content (AvgIpc) is 2.93. The third-order valence-corrected chi connectivity index (χ3v) is 3.98. The van der Waals surface area contributed by atoms with Gasteiger partial charge in [-0.1, -0.05) is 17.7 Å². The number of halogens is 2. The summed E-state index contributed by atoms with van der Waals surface area (Å²) < 4.78 is 13.0. The second kappa shape index (κ2) is 6.38. The monoisotopic (exact) mass is 332 g/mol. The van der Waals surface area contributed by atoms with E-state index in [-0.39, 0.29) is 16.5 Å². The number of carbonyl (C=O) groups excluding carboxylic acids is 2. The summed E-state index contributed by atoms with van der Waals surface area (Å²) in [5, 5.41) is 2.76. The van der Waals surface area contributed by atoms with Crippen LogP contribution >= 0.6 is 11.6 Å². The van der Waals surface area contributed by atoms with Crippen LogP contribution in [-0.2, 0) is 4.79 Å². The second-order valence-corrected chi connectivity index (χ2v) is 5.68. The minimum absolute atomic E-state index is 0.0494. The van der Waals surface area contributed by atoms with Gasteiger partial charge in [-0.25, -0.2) is 4.39 Å². The van der Waals surface area contributed by atoms with E-state index in [9.17, 15) is 14.0 Å². The van der Waals surface area contributed by atoms with E-state index in [1.165, 1.54) is 12.1 Å². The fraction of sp³-hybridized carbons (Fsp3) is 0.176. The Balaban J connectivity index is 1.80. The van der Waals surface area contributed by atoms with Crippen LogP contribution in [0.25, 0.3) is 0 Å². The molecule has 3 rings (SSSR count). The summed E-state index contributed by atoms with van der Waals surface area (Å²) >= 11 is 5.89. The zero-order valence-corrected chi connectivity index (χ0v) is 12.9. The molecular formula is C17H14ClFN2O2. The van der Waals surface area contributed by atoms with Gasteiger partial charge in [0.25, 0.3) is 5.91 Å². The number of nitrogens with zero attached hydrogens (tertiary/aromatic N) is 1. The molecule has 6 heteroatoms. The SMILES string of the molecule is O=C(Nc1cccc(N2CCCC2=O)c1)c1ccc(F)cc1Cl. The fourth-order valence-corrected chi connectivity index (χ4v) is 2.80. The number of amides is 2. The molecule has 0 radical (unpaired) electrons. The summed E-state index contributed by atoms with van der Waals surface area (Å²) in [4.78, 5) is 25.7.